The van der Waals surface area contributed by atoms with Crippen LogP contribution >= 0.6 is 0 Å². The summed E-state index contributed by atoms with van der Waals surface area (Å²) in [6.45, 7) is 6.59. The molecule has 0 fully saturated rings. The quantitative estimate of drug-likeness (QED) is 0.480. The molecule has 0 saturated heterocycles. The van der Waals surface area contributed by atoms with Crippen molar-refractivity contribution in [1.29, 1.82) is 0 Å². The van der Waals surface area contributed by atoms with Crippen molar-refractivity contribution in [2.24, 2.45) is 0 Å². The minimum atomic E-state index is -0.311. The average Bonchev–Trinajstić information content (AvgIpc) is 3.25. The Kier molecular flexibility index (Phi) is 5.32. The Morgan fingerprint density at radius 2 is 1.79 bits per heavy atom. The van der Waals surface area contributed by atoms with Crippen molar-refractivity contribution in [3.63, 3.8) is 0 Å². The van der Waals surface area contributed by atoms with Crippen LogP contribution in [0.4, 0.5) is 5.69 Å². The van der Waals surface area contributed by atoms with Crippen LogP contribution in [0.5, 0.6) is 0 Å². The Bertz CT molecular complexity index is 1420. The molecular weight excluding hydrogens is 414 g/mol. The molecule has 1 aliphatic heterocycles. The van der Waals surface area contributed by atoms with E-state index in [4.69, 9.17) is 0 Å². The number of nitrogens with zero attached hydrogens (tertiary/aromatic N) is 5. The maximum Gasteiger partial charge on any atom is 0.293 e. The van der Waals surface area contributed by atoms with Crippen molar-refractivity contribution >= 4 is 22.5 Å². The normalized spacial score (nSPS) is 13.5. The van der Waals surface area contributed by atoms with Gasteiger partial charge in [-0.2, -0.15) is 10.2 Å². The van der Waals surface area contributed by atoms with E-state index in [0.29, 0.717) is 12.1 Å². The Labute approximate surface area is 192 Å². The summed E-state index contributed by atoms with van der Waals surface area (Å²) in [6, 6.07) is 15.8. The molecule has 0 saturated carbocycles. The van der Waals surface area contributed by atoms with E-state index >= 15 is 0 Å². The van der Waals surface area contributed by atoms with E-state index in [9.17, 15) is 9.59 Å². The number of benzene rings is 2. The summed E-state index contributed by atoms with van der Waals surface area (Å²) >= 11 is 0. The number of hydrogen-bond donors (Lipinski definition) is 0. The molecule has 0 unspecified atom stereocenters. The monoisotopic (exact) mass is 441 g/mol. The summed E-state index contributed by atoms with van der Waals surface area (Å²) in [5, 5.41) is 9.89. The van der Waals surface area contributed by atoms with Gasteiger partial charge < -0.3 is 4.90 Å². The van der Waals surface area contributed by atoms with Crippen molar-refractivity contribution < 1.29 is 4.79 Å². The van der Waals surface area contributed by atoms with Gasteiger partial charge in [0.25, 0.3) is 5.56 Å². The third kappa shape index (κ3) is 3.63. The smallest absolute Gasteiger partial charge is 0.293 e. The Morgan fingerprint density at radius 3 is 2.55 bits per heavy atom. The largest absolute Gasteiger partial charge is 0.311 e. The van der Waals surface area contributed by atoms with Gasteiger partial charge in [-0.25, -0.2) is 9.36 Å². The predicted octanol–water partition coefficient (Wildman–Crippen LogP) is 3.99. The fourth-order valence-electron chi connectivity index (χ4n) is 4.62. The van der Waals surface area contributed by atoms with E-state index in [-0.39, 0.29) is 23.9 Å². The number of carbonyl (C=O) groups excluding carboxylic acids is 1. The second-order valence-electron chi connectivity index (χ2n) is 8.89. The minimum absolute atomic E-state index is 0.0692. The molecule has 0 atom stereocenters. The van der Waals surface area contributed by atoms with E-state index in [1.165, 1.54) is 4.68 Å². The van der Waals surface area contributed by atoms with Crippen LogP contribution in [0.25, 0.3) is 16.6 Å². The molecule has 7 heteroatoms. The van der Waals surface area contributed by atoms with Crippen LogP contribution in [-0.4, -0.2) is 32.0 Å². The first-order valence-electron chi connectivity index (χ1n) is 11.4. The molecule has 4 aromatic rings. The van der Waals surface area contributed by atoms with Crippen LogP contribution in [0.3, 0.4) is 0 Å². The van der Waals surface area contributed by atoms with Crippen molar-refractivity contribution in [1.82, 2.24) is 19.6 Å². The van der Waals surface area contributed by atoms with E-state index in [0.717, 1.165) is 46.4 Å². The number of para-hydroxylation sites is 2. The molecule has 1 aliphatic rings. The maximum absolute atomic E-state index is 13.6. The predicted molar refractivity (Wildman–Crippen MR) is 129 cm³/mol. The Hall–Kier alpha value is -3.74. The summed E-state index contributed by atoms with van der Waals surface area (Å²) in [6.07, 6.45) is 3.57. The van der Waals surface area contributed by atoms with Gasteiger partial charge >= 0.3 is 0 Å². The van der Waals surface area contributed by atoms with Crippen LogP contribution < -0.4 is 10.5 Å². The van der Waals surface area contributed by atoms with Gasteiger partial charge in [0.2, 0.25) is 5.91 Å². The molecule has 0 radical (unpaired) electrons. The second-order valence-corrected chi connectivity index (χ2v) is 8.89. The molecule has 0 bridgehead atoms. The highest BCUT2D eigenvalue weighted by Crippen LogP contribution is 2.27. The highest BCUT2D eigenvalue weighted by Gasteiger charge is 2.25. The van der Waals surface area contributed by atoms with Gasteiger partial charge in [-0.1, -0.05) is 50.2 Å². The van der Waals surface area contributed by atoms with Gasteiger partial charge in [-0.05, 0) is 48.9 Å². The first-order valence-corrected chi connectivity index (χ1v) is 11.4. The van der Waals surface area contributed by atoms with Crippen molar-refractivity contribution in [3.05, 3.63) is 81.9 Å². The van der Waals surface area contributed by atoms with Gasteiger partial charge in [0, 0.05) is 17.6 Å². The molecule has 168 valence electrons. The number of fused-ring (bicyclic) bond motifs is 2. The molecule has 0 N–H and O–H groups in total. The first-order chi connectivity index (χ1) is 16.0. The van der Waals surface area contributed by atoms with Gasteiger partial charge in [-0.3, -0.25) is 9.59 Å². The lowest BCUT2D eigenvalue weighted by atomic mass is 10.0. The molecule has 1 amide bonds. The second kappa shape index (κ2) is 8.31. The van der Waals surface area contributed by atoms with Crippen molar-refractivity contribution in [2.75, 3.05) is 11.4 Å². The maximum atomic E-state index is 13.6. The van der Waals surface area contributed by atoms with Gasteiger partial charge in [0.05, 0.1) is 17.6 Å². The topological polar surface area (TPSA) is 73.0 Å². The molecule has 7 nitrogen and oxygen atoms in total. The standard InChI is InChI=1S/C26H27N5O2/c1-17(2)24-20-15-27-31(21-12-6-4-9-18(21)3)25(20)26(33)30(28-24)16-23(32)29-14-8-11-19-10-5-7-13-22(19)29/h4-7,9-10,12-13,15,17H,8,11,14,16H2,1-3H3. The third-order valence-electron chi connectivity index (χ3n) is 6.30. The number of hydrogen-bond acceptors (Lipinski definition) is 4. The lowest BCUT2D eigenvalue weighted by molar-refractivity contribution is -0.119. The Balaban J connectivity index is 1.62. The number of anilines is 1. The lowest BCUT2D eigenvalue weighted by Gasteiger charge is -2.29. The zero-order chi connectivity index (χ0) is 23.1. The summed E-state index contributed by atoms with van der Waals surface area (Å²) in [5.41, 5.74) is 4.84. The molecule has 33 heavy (non-hydrogen) atoms. The van der Waals surface area contributed by atoms with Gasteiger partial charge in [0.15, 0.2) is 0 Å². The summed E-state index contributed by atoms with van der Waals surface area (Å²) in [5.74, 6) is -0.0625. The minimum Gasteiger partial charge on any atom is -0.311 e. The Morgan fingerprint density at radius 1 is 1.06 bits per heavy atom. The molecule has 2 aromatic heterocycles. The SMILES string of the molecule is Cc1ccccc1-n1ncc2c(C(C)C)nn(CC(=O)N3CCCc4ccccc43)c(=O)c21. The van der Waals surface area contributed by atoms with E-state index in [1.807, 2.05) is 63.2 Å². The van der Waals surface area contributed by atoms with Crippen LogP contribution in [0.1, 0.15) is 43.0 Å². The summed E-state index contributed by atoms with van der Waals surface area (Å²) < 4.78 is 2.99. The molecule has 0 aliphatic carbocycles. The lowest BCUT2D eigenvalue weighted by Crippen LogP contribution is -2.40. The van der Waals surface area contributed by atoms with Crippen LogP contribution in [0.15, 0.2) is 59.5 Å². The zero-order valence-electron chi connectivity index (χ0n) is 19.2. The van der Waals surface area contributed by atoms with Crippen molar-refractivity contribution in [2.45, 2.75) is 46.1 Å². The molecule has 2 aromatic carbocycles. The highest BCUT2D eigenvalue weighted by molar-refractivity contribution is 5.94. The van der Waals surface area contributed by atoms with E-state index in [1.54, 1.807) is 15.8 Å². The van der Waals surface area contributed by atoms with Gasteiger partial charge in [0.1, 0.15) is 12.1 Å². The highest BCUT2D eigenvalue weighted by atomic mass is 16.2. The van der Waals surface area contributed by atoms with E-state index < -0.39 is 0 Å². The number of aromatic nitrogens is 4. The number of aryl methyl sites for hydroxylation is 2. The van der Waals surface area contributed by atoms with Gasteiger partial charge in [-0.15, -0.1) is 0 Å². The number of carbonyl (C=O) groups is 1. The summed E-state index contributed by atoms with van der Waals surface area (Å²) in [4.78, 5) is 28.7. The third-order valence-corrected chi connectivity index (χ3v) is 6.30. The summed E-state index contributed by atoms with van der Waals surface area (Å²) in [7, 11) is 0. The van der Waals surface area contributed by atoms with Crippen LogP contribution in [0.2, 0.25) is 0 Å². The number of rotatable bonds is 4. The van der Waals surface area contributed by atoms with Crippen molar-refractivity contribution in [3.8, 4) is 5.69 Å². The average molecular weight is 442 g/mol. The fourth-order valence-corrected chi connectivity index (χ4v) is 4.62. The molecule has 0 spiro atoms. The van der Waals surface area contributed by atoms with E-state index in [2.05, 4.69) is 16.3 Å². The van der Waals surface area contributed by atoms with Crippen LogP contribution in [-0.2, 0) is 17.8 Å². The molecular formula is C26H27N5O2. The number of amides is 1. The fraction of sp³-hybridized carbons (Fsp3) is 0.308. The first kappa shape index (κ1) is 21.1. The van der Waals surface area contributed by atoms with Crippen LogP contribution in [0, 0.1) is 6.92 Å². The molecule has 5 rings (SSSR count). The molecule has 3 heterocycles. The zero-order valence-corrected chi connectivity index (χ0v) is 19.2.